The van der Waals surface area contributed by atoms with Gasteiger partial charge in [0.05, 0.1) is 27.2 Å². The molecule has 144 valence electrons. The molecule has 2 aliphatic rings. The van der Waals surface area contributed by atoms with Gasteiger partial charge in [-0.25, -0.2) is 0 Å². The Bertz CT molecular complexity index is 600. The third kappa shape index (κ3) is 4.68. The first kappa shape index (κ1) is 19.0. The van der Waals surface area contributed by atoms with Crippen molar-refractivity contribution in [3.05, 3.63) is 23.8 Å². The molecule has 2 atom stereocenters. The number of hydrogen-bond acceptors (Lipinski definition) is 5. The molecule has 6 heteroatoms. The van der Waals surface area contributed by atoms with E-state index in [1.807, 2.05) is 18.2 Å². The smallest absolute Gasteiger partial charge is 0.224 e. The van der Waals surface area contributed by atoms with E-state index in [-0.39, 0.29) is 11.9 Å². The van der Waals surface area contributed by atoms with E-state index in [1.54, 1.807) is 14.2 Å². The Hall–Kier alpha value is -1.79. The third-order valence-corrected chi connectivity index (χ3v) is 5.46. The number of carbonyl (C=O) groups excluding carboxylic acids is 1. The summed E-state index contributed by atoms with van der Waals surface area (Å²) in [7, 11) is 3.22. The molecular weight excluding hydrogens is 334 g/mol. The molecule has 0 aliphatic carbocycles. The molecule has 0 spiro atoms. The molecule has 1 aromatic rings. The monoisotopic (exact) mass is 363 g/mol. The summed E-state index contributed by atoms with van der Waals surface area (Å²) < 4.78 is 21.8. The van der Waals surface area contributed by atoms with Crippen molar-refractivity contribution in [1.82, 2.24) is 5.32 Å². The van der Waals surface area contributed by atoms with Crippen molar-refractivity contribution in [3.63, 3.8) is 0 Å². The van der Waals surface area contributed by atoms with Crippen molar-refractivity contribution in [2.45, 2.75) is 31.7 Å². The number of amides is 1. The molecule has 0 bridgehead atoms. The first-order valence-corrected chi connectivity index (χ1v) is 9.37. The molecule has 3 rings (SSSR count). The fraction of sp³-hybridized carbons (Fsp3) is 0.650. The third-order valence-electron chi connectivity index (χ3n) is 5.46. The van der Waals surface area contributed by atoms with Crippen LogP contribution in [-0.4, -0.2) is 52.6 Å². The van der Waals surface area contributed by atoms with E-state index >= 15 is 0 Å². The van der Waals surface area contributed by atoms with Gasteiger partial charge < -0.3 is 24.3 Å². The number of nitrogens with one attached hydrogen (secondary N) is 1. The standard InChI is InChI=1S/C20H29NO5/c1-23-16-4-3-15(19(12-16)24-2)11-20(22)21-18-7-10-26-13-17(18)14-5-8-25-9-6-14/h3-4,12,14,17-18H,5-11,13H2,1-2H3,(H,21,22)/t17-,18-/m1/s1. The predicted octanol–water partition coefficient (Wildman–Crippen LogP) is 2.19. The van der Waals surface area contributed by atoms with Crippen LogP contribution >= 0.6 is 0 Å². The predicted molar refractivity (Wildman–Crippen MR) is 97.6 cm³/mol. The largest absolute Gasteiger partial charge is 0.497 e. The van der Waals surface area contributed by atoms with Crippen LogP contribution in [0.4, 0.5) is 0 Å². The minimum Gasteiger partial charge on any atom is -0.497 e. The van der Waals surface area contributed by atoms with Gasteiger partial charge in [-0.2, -0.15) is 0 Å². The van der Waals surface area contributed by atoms with Crippen molar-refractivity contribution in [2.24, 2.45) is 11.8 Å². The number of rotatable bonds is 6. The number of ether oxygens (including phenoxy) is 4. The van der Waals surface area contributed by atoms with Crippen LogP contribution in [0.5, 0.6) is 11.5 Å². The zero-order valence-corrected chi connectivity index (χ0v) is 15.7. The van der Waals surface area contributed by atoms with Gasteiger partial charge >= 0.3 is 0 Å². The van der Waals surface area contributed by atoms with Crippen LogP contribution in [0.25, 0.3) is 0 Å². The first-order valence-electron chi connectivity index (χ1n) is 9.37. The molecular formula is C20H29NO5. The molecule has 1 N–H and O–H groups in total. The van der Waals surface area contributed by atoms with Gasteiger partial charge in [0, 0.05) is 43.4 Å². The maximum Gasteiger partial charge on any atom is 0.224 e. The molecule has 2 aliphatic heterocycles. The lowest BCUT2D eigenvalue weighted by Crippen LogP contribution is -2.49. The van der Waals surface area contributed by atoms with E-state index in [9.17, 15) is 4.79 Å². The summed E-state index contributed by atoms with van der Waals surface area (Å²) in [5.41, 5.74) is 0.862. The second-order valence-corrected chi connectivity index (χ2v) is 7.01. The summed E-state index contributed by atoms with van der Waals surface area (Å²) in [6.45, 7) is 3.05. The zero-order chi connectivity index (χ0) is 18.4. The molecule has 1 aromatic carbocycles. The van der Waals surface area contributed by atoms with Crippen LogP contribution in [-0.2, 0) is 20.7 Å². The molecule has 1 amide bonds. The highest BCUT2D eigenvalue weighted by Crippen LogP contribution is 2.31. The Labute approximate surface area is 155 Å². The number of benzene rings is 1. The van der Waals surface area contributed by atoms with Crippen LogP contribution in [0.15, 0.2) is 18.2 Å². The topological polar surface area (TPSA) is 66.0 Å². The second kappa shape index (κ2) is 9.24. The van der Waals surface area contributed by atoms with E-state index in [0.29, 0.717) is 30.6 Å². The van der Waals surface area contributed by atoms with Gasteiger partial charge in [-0.05, 0) is 31.2 Å². The lowest BCUT2D eigenvalue weighted by atomic mass is 9.79. The maximum absolute atomic E-state index is 12.7. The van der Waals surface area contributed by atoms with E-state index in [0.717, 1.165) is 50.4 Å². The van der Waals surface area contributed by atoms with Gasteiger partial charge in [-0.1, -0.05) is 6.07 Å². The molecule has 2 heterocycles. The lowest BCUT2D eigenvalue weighted by molar-refractivity contribution is -0.123. The summed E-state index contributed by atoms with van der Waals surface area (Å²) in [5, 5.41) is 3.25. The maximum atomic E-state index is 12.7. The van der Waals surface area contributed by atoms with E-state index < -0.39 is 0 Å². The quantitative estimate of drug-likeness (QED) is 0.839. The summed E-state index contributed by atoms with van der Waals surface area (Å²) in [5.74, 6) is 2.35. The Morgan fingerprint density at radius 2 is 1.88 bits per heavy atom. The Kier molecular flexibility index (Phi) is 6.74. The van der Waals surface area contributed by atoms with E-state index in [4.69, 9.17) is 18.9 Å². The van der Waals surface area contributed by atoms with Crippen molar-refractivity contribution in [3.8, 4) is 11.5 Å². The zero-order valence-electron chi connectivity index (χ0n) is 15.7. The lowest BCUT2D eigenvalue weighted by Gasteiger charge is -2.39. The van der Waals surface area contributed by atoms with Crippen LogP contribution in [0, 0.1) is 11.8 Å². The molecule has 2 fully saturated rings. The number of methoxy groups -OCH3 is 2. The van der Waals surface area contributed by atoms with Gasteiger partial charge in [0.1, 0.15) is 11.5 Å². The molecule has 0 saturated carbocycles. The summed E-state index contributed by atoms with van der Waals surface area (Å²) >= 11 is 0. The summed E-state index contributed by atoms with van der Waals surface area (Å²) in [4.78, 5) is 12.7. The molecule has 2 saturated heterocycles. The number of hydrogen-bond donors (Lipinski definition) is 1. The molecule has 0 aromatic heterocycles. The van der Waals surface area contributed by atoms with Gasteiger partial charge in [0.15, 0.2) is 0 Å². The minimum atomic E-state index is 0.0254. The Morgan fingerprint density at radius 1 is 1.12 bits per heavy atom. The summed E-state index contributed by atoms with van der Waals surface area (Å²) in [6.07, 6.45) is 3.26. The highest BCUT2D eigenvalue weighted by molar-refractivity contribution is 5.79. The second-order valence-electron chi connectivity index (χ2n) is 7.01. The first-order chi connectivity index (χ1) is 12.7. The highest BCUT2D eigenvalue weighted by atomic mass is 16.5. The van der Waals surface area contributed by atoms with Gasteiger partial charge in [-0.3, -0.25) is 4.79 Å². The van der Waals surface area contributed by atoms with Crippen LogP contribution < -0.4 is 14.8 Å². The van der Waals surface area contributed by atoms with Crippen molar-refractivity contribution < 1.29 is 23.7 Å². The Balaban J connectivity index is 1.62. The van der Waals surface area contributed by atoms with Gasteiger partial charge in [-0.15, -0.1) is 0 Å². The normalized spacial score (nSPS) is 24.1. The average Bonchev–Trinajstić information content (AvgIpc) is 2.69. The molecule has 0 radical (unpaired) electrons. The van der Waals surface area contributed by atoms with Crippen molar-refractivity contribution in [1.29, 1.82) is 0 Å². The molecule has 6 nitrogen and oxygen atoms in total. The minimum absolute atomic E-state index is 0.0254. The van der Waals surface area contributed by atoms with Crippen molar-refractivity contribution in [2.75, 3.05) is 40.6 Å². The fourth-order valence-corrected chi connectivity index (χ4v) is 3.98. The highest BCUT2D eigenvalue weighted by Gasteiger charge is 2.34. The van der Waals surface area contributed by atoms with Crippen LogP contribution in [0.1, 0.15) is 24.8 Å². The van der Waals surface area contributed by atoms with Crippen LogP contribution in [0.3, 0.4) is 0 Å². The van der Waals surface area contributed by atoms with Crippen LogP contribution in [0.2, 0.25) is 0 Å². The Morgan fingerprint density at radius 3 is 2.62 bits per heavy atom. The van der Waals surface area contributed by atoms with E-state index in [1.165, 1.54) is 0 Å². The SMILES string of the molecule is COc1ccc(CC(=O)N[C@@H]2CCOC[C@@H]2C2CCOCC2)c(OC)c1. The average molecular weight is 363 g/mol. The van der Waals surface area contributed by atoms with Gasteiger partial charge in [0.2, 0.25) is 5.91 Å². The number of carbonyl (C=O) groups is 1. The van der Waals surface area contributed by atoms with Crippen molar-refractivity contribution >= 4 is 5.91 Å². The molecule has 26 heavy (non-hydrogen) atoms. The van der Waals surface area contributed by atoms with E-state index in [2.05, 4.69) is 5.32 Å². The molecule has 0 unspecified atom stereocenters. The fourth-order valence-electron chi connectivity index (χ4n) is 3.98. The summed E-state index contributed by atoms with van der Waals surface area (Å²) in [6, 6.07) is 5.72. The van der Waals surface area contributed by atoms with Gasteiger partial charge in [0.25, 0.3) is 0 Å².